The molecule has 21 heavy (non-hydrogen) atoms. The van der Waals surface area contributed by atoms with Gasteiger partial charge in [-0.3, -0.25) is 0 Å². The topological polar surface area (TPSA) is 47.9 Å². The summed E-state index contributed by atoms with van der Waals surface area (Å²) in [5, 5.41) is 10.7. The van der Waals surface area contributed by atoms with Gasteiger partial charge in [0.05, 0.1) is 13.2 Å². The number of ether oxygens (including phenoxy) is 3. The second-order valence-electron chi connectivity index (χ2n) is 5.16. The summed E-state index contributed by atoms with van der Waals surface area (Å²) in [5.74, 6) is -1.60. The Morgan fingerprint density at radius 1 is 0.810 bits per heavy atom. The van der Waals surface area contributed by atoms with Gasteiger partial charge in [0, 0.05) is 28.3 Å². The molecule has 0 heterocycles. The minimum absolute atomic E-state index is 0. The minimum Gasteiger partial charge on any atom is -0.370 e. The molecule has 0 aromatic rings. The molecular formula is C16H34O4Ti. The van der Waals surface area contributed by atoms with Crippen LogP contribution in [0.2, 0.25) is 0 Å². The zero-order valence-electron chi connectivity index (χ0n) is 14.3. The van der Waals surface area contributed by atoms with Gasteiger partial charge < -0.3 is 19.3 Å². The molecule has 1 N–H and O–H groups in total. The van der Waals surface area contributed by atoms with Crippen molar-refractivity contribution in [2.75, 3.05) is 19.8 Å². The van der Waals surface area contributed by atoms with Crippen molar-refractivity contribution in [1.82, 2.24) is 0 Å². The van der Waals surface area contributed by atoms with E-state index in [1.807, 2.05) is 6.92 Å². The zero-order valence-corrected chi connectivity index (χ0v) is 15.9. The molecule has 0 rings (SSSR count). The minimum atomic E-state index is -1.60. The maximum absolute atomic E-state index is 10.7. The summed E-state index contributed by atoms with van der Waals surface area (Å²) in [6, 6.07) is 0. The van der Waals surface area contributed by atoms with Gasteiger partial charge in [0.15, 0.2) is 0 Å². The normalized spacial score (nSPS) is 13.0. The van der Waals surface area contributed by atoms with Crippen molar-refractivity contribution < 1.29 is 41.0 Å². The Morgan fingerprint density at radius 3 is 1.62 bits per heavy atom. The fourth-order valence-corrected chi connectivity index (χ4v) is 1.80. The predicted octanol–water partition coefficient (Wildman–Crippen LogP) is 3.86. The van der Waals surface area contributed by atoms with Gasteiger partial charge in [0.1, 0.15) is 6.10 Å². The Balaban J connectivity index is 0. The Hall–Kier alpha value is 0.554. The number of hydrogen-bond acceptors (Lipinski definition) is 4. The molecule has 0 saturated heterocycles. The first-order valence-electron chi connectivity index (χ1n) is 8.26. The van der Waals surface area contributed by atoms with Gasteiger partial charge in [-0.05, 0) is 25.7 Å². The van der Waals surface area contributed by atoms with E-state index in [9.17, 15) is 5.11 Å². The molecule has 0 radical (unpaired) electrons. The quantitative estimate of drug-likeness (QED) is 0.297. The third-order valence-corrected chi connectivity index (χ3v) is 3.21. The average Bonchev–Trinajstić information content (AvgIpc) is 2.44. The van der Waals surface area contributed by atoms with E-state index in [0.717, 1.165) is 38.5 Å². The van der Waals surface area contributed by atoms with Crippen molar-refractivity contribution in [2.24, 2.45) is 0 Å². The Labute approximate surface area is 145 Å². The molecule has 1 atom stereocenters. The fraction of sp³-hybridized carbons (Fsp3) is 1.00. The van der Waals surface area contributed by atoms with Crippen molar-refractivity contribution >= 4 is 0 Å². The number of hydrogen-bond donors (Lipinski definition) is 1. The molecule has 4 nitrogen and oxygen atoms in total. The van der Waals surface area contributed by atoms with E-state index in [1.54, 1.807) is 0 Å². The molecule has 126 valence electrons. The maximum Gasteiger partial charge on any atom is 0.308 e. The second-order valence-corrected chi connectivity index (χ2v) is 5.16. The van der Waals surface area contributed by atoms with E-state index in [4.69, 9.17) is 14.2 Å². The van der Waals surface area contributed by atoms with Crippen LogP contribution in [0, 0.1) is 0 Å². The maximum atomic E-state index is 10.7. The fourth-order valence-electron chi connectivity index (χ4n) is 1.80. The number of aliphatic hydroxyl groups is 1. The van der Waals surface area contributed by atoms with Crippen LogP contribution in [0.3, 0.4) is 0 Å². The van der Waals surface area contributed by atoms with Gasteiger partial charge in [0.2, 0.25) is 0 Å². The van der Waals surface area contributed by atoms with Crippen LogP contribution in [0.5, 0.6) is 0 Å². The van der Waals surface area contributed by atoms with Crippen LogP contribution in [-0.2, 0) is 35.9 Å². The zero-order chi connectivity index (χ0) is 15.3. The summed E-state index contributed by atoms with van der Waals surface area (Å²) in [5.41, 5.74) is 0. The van der Waals surface area contributed by atoms with Gasteiger partial charge in [-0.2, -0.15) is 0 Å². The molecule has 0 spiro atoms. The molecule has 0 aliphatic rings. The van der Waals surface area contributed by atoms with Gasteiger partial charge >= 0.3 is 5.97 Å². The molecular weight excluding hydrogens is 304 g/mol. The Morgan fingerprint density at radius 2 is 1.24 bits per heavy atom. The smallest absolute Gasteiger partial charge is 0.308 e. The summed E-state index contributed by atoms with van der Waals surface area (Å²) in [4.78, 5) is 0. The molecule has 1 unspecified atom stereocenters. The van der Waals surface area contributed by atoms with Crippen LogP contribution in [-0.4, -0.2) is 37.0 Å². The van der Waals surface area contributed by atoms with Crippen molar-refractivity contribution in [3.63, 3.8) is 0 Å². The SMILES string of the molecule is CCCCOC(CC)C(O)(OCCCC)OCCCC.[Ti]. The molecule has 0 aliphatic heterocycles. The number of rotatable bonds is 14. The predicted molar refractivity (Wildman–Crippen MR) is 81.6 cm³/mol. The molecule has 0 bridgehead atoms. The summed E-state index contributed by atoms with van der Waals surface area (Å²) in [7, 11) is 0. The first-order valence-corrected chi connectivity index (χ1v) is 8.26. The van der Waals surface area contributed by atoms with Crippen molar-refractivity contribution in [3.05, 3.63) is 0 Å². The monoisotopic (exact) mass is 338 g/mol. The van der Waals surface area contributed by atoms with E-state index in [2.05, 4.69) is 20.8 Å². The van der Waals surface area contributed by atoms with Crippen LogP contribution < -0.4 is 0 Å². The van der Waals surface area contributed by atoms with Crippen LogP contribution >= 0.6 is 0 Å². The van der Waals surface area contributed by atoms with E-state index >= 15 is 0 Å². The van der Waals surface area contributed by atoms with Crippen LogP contribution in [0.1, 0.15) is 72.6 Å². The molecule has 0 aromatic carbocycles. The molecule has 0 aliphatic carbocycles. The van der Waals surface area contributed by atoms with Crippen LogP contribution in [0.15, 0.2) is 0 Å². The first-order chi connectivity index (χ1) is 9.64. The standard InChI is InChI=1S/C16H34O4.Ti/c1-5-9-12-18-15(8-4)16(17,19-13-10-6-2)20-14-11-7-3;/h15,17H,5-14H2,1-4H3;. The number of unbranched alkanes of at least 4 members (excludes halogenated alkanes) is 3. The average molecular weight is 338 g/mol. The first kappa shape index (κ1) is 23.8. The largest absolute Gasteiger partial charge is 0.370 e. The molecule has 0 fully saturated rings. The molecule has 0 aromatic heterocycles. The van der Waals surface area contributed by atoms with E-state index < -0.39 is 12.1 Å². The molecule has 0 saturated carbocycles. The third kappa shape index (κ3) is 10.8. The molecule has 0 amide bonds. The van der Waals surface area contributed by atoms with Crippen LogP contribution in [0.4, 0.5) is 0 Å². The van der Waals surface area contributed by atoms with Crippen molar-refractivity contribution in [2.45, 2.75) is 84.7 Å². The summed E-state index contributed by atoms with van der Waals surface area (Å²) < 4.78 is 17.0. The summed E-state index contributed by atoms with van der Waals surface area (Å²) >= 11 is 0. The van der Waals surface area contributed by atoms with Gasteiger partial charge in [0.25, 0.3) is 0 Å². The van der Waals surface area contributed by atoms with Gasteiger partial charge in [-0.15, -0.1) is 0 Å². The third-order valence-electron chi connectivity index (χ3n) is 3.21. The summed E-state index contributed by atoms with van der Waals surface area (Å²) in [6.07, 6.45) is 6.16. The van der Waals surface area contributed by atoms with Crippen molar-refractivity contribution in [1.29, 1.82) is 0 Å². The van der Waals surface area contributed by atoms with E-state index in [1.165, 1.54) is 0 Å². The second kappa shape index (κ2) is 15.4. The summed E-state index contributed by atoms with van der Waals surface area (Å²) in [6.45, 7) is 9.90. The molecule has 5 heteroatoms. The van der Waals surface area contributed by atoms with E-state index in [0.29, 0.717) is 26.2 Å². The van der Waals surface area contributed by atoms with Gasteiger partial charge in [-0.1, -0.05) is 47.0 Å². The van der Waals surface area contributed by atoms with Crippen LogP contribution in [0.25, 0.3) is 0 Å². The Bertz CT molecular complexity index is 204. The van der Waals surface area contributed by atoms with Crippen molar-refractivity contribution in [3.8, 4) is 0 Å². The Kier molecular flexibility index (Phi) is 17.5. The van der Waals surface area contributed by atoms with E-state index in [-0.39, 0.29) is 21.7 Å². The van der Waals surface area contributed by atoms with Gasteiger partial charge in [-0.25, -0.2) is 0 Å².